The van der Waals surface area contributed by atoms with E-state index in [2.05, 4.69) is 29.2 Å². The van der Waals surface area contributed by atoms with Gasteiger partial charge in [0.15, 0.2) is 17.1 Å². The molecule has 1 fully saturated rings. The molecule has 4 aliphatic heterocycles. The van der Waals surface area contributed by atoms with E-state index in [1.165, 1.54) is 11.3 Å². The van der Waals surface area contributed by atoms with Crippen molar-refractivity contribution in [2.45, 2.75) is 44.9 Å². The minimum atomic E-state index is -1.87. The van der Waals surface area contributed by atoms with Gasteiger partial charge in [-0.25, -0.2) is 9.78 Å². The van der Waals surface area contributed by atoms with Crippen LogP contribution in [0.15, 0.2) is 47.3 Å². The fourth-order valence-corrected chi connectivity index (χ4v) is 6.80. The summed E-state index contributed by atoms with van der Waals surface area (Å²) in [5.41, 5.74) is 4.96. The van der Waals surface area contributed by atoms with Crippen LogP contribution in [0.2, 0.25) is 0 Å². The third kappa shape index (κ3) is 4.04. The van der Waals surface area contributed by atoms with E-state index in [0.29, 0.717) is 40.6 Å². The lowest BCUT2D eigenvalue weighted by molar-refractivity contribution is -0.172. The minimum absolute atomic E-state index is 0.0960. The number of hydrogen-bond acceptors (Lipinski definition) is 9. The van der Waals surface area contributed by atoms with Gasteiger partial charge in [-0.15, -0.1) is 0 Å². The topological polar surface area (TPSA) is 112 Å². The lowest BCUT2D eigenvalue weighted by Crippen LogP contribution is -2.44. The highest BCUT2D eigenvalue weighted by Crippen LogP contribution is 2.43. The lowest BCUT2D eigenvalue weighted by atomic mass is 9.86. The zero-order valence-electron chi connectivity index (χ0n) is 23.9. The van der Waals surface area contributed by atoms with E-state index in [9.17, 15) is 14.7 Å². The number of morpholine rings is 1. The summed E-state index contributed by atoms with van der Waals surface area (Å²) in [6.07, 6.45) is 1.61. The Bertz CT molecular complexity index is 1860. The van der Waals surface area contributed by atoms with E-state index in [-0.39, 0.29) is 25.4 Å². The number of aryl methyl sites for hydroxylation is 2. The van der Waals surface area contributed by atoms with Gasteiger partial charge in [0.1, 0.15) is 6.61 Å². The highest BCUT2D eigenvalue weighted by atomic mass is 16.7. The second kappa shape index (κ2) is 9.82. The number of nitrogens with zero attached hydrogens (tertiary/aromatic N) is 3. The number of carbonyl (C=O) groups excluding carboxylic acids is 1. The first kappa shape index (κ1) is 26.2. The van der Waals surface area contributed by atoms with Crippen molar-refractivity contribution in [1.29, 1.82) is 0 Å². The standard InChI is InChI=1S/C33H31N3O7/c1-2-33(39)25-14-27-30-23(16-36(27)31(37)24(25)17-41-32(33)38)21(22-13-28-29(43-18-42-28)15-26(22)34-30)8-5-19-3-6-20(7-4-19)35-9-11-40-12-10-35/h3-4,6-7,13-15,39H,2,5,8-12,16-18H2,1H3. The molecule has 0 radical (unpaired) electrons. The van der Waals surface area contributed by atoms with Crippen LogP contribution in [0.1, 0.15) is 41.2 Å². The number of ether oxygens (including phenoxy) is 4. The van der Waals surface area contributed by atoms with E-state index in [1.54, 1.807) is 17.6 Å². The van der Waals surface area contributed by atoms with Crippen molar-refractivity contribution in [1.82, 2.24) is 9.55 Å². The number of benzene rings is 2. The average Bonchev–Trinajstić information content (AvgIpc) is 3.65. The number of carbonyl (C=O) groups is 1. The van der Waals surface area contributed by atoms with Crippen molar-refractivity contribution in [3.63, 3.8) is 0 Å². The van der Waals surface area contributed by atoms with Gasteiger partial charge in [0, 0.05) is 41.4 Å². The first-order valence-corrected chi connectivity index (χ1v) is 14.8. The number of pyridine rings is 2. The van der Waals surface area contributed by atoms with E-state index in [0.717, 1.165) is 61.2 Å². The zero-order valence-corrected chi connectivity index (χ0v) is 23.9. The molecular weight excluding hydrogens is 550 g/mol. The fraction of sp³-hybridized carbons (Fsp3) is 0.364. The van der Waals surface area contributed by atoms with Crippen LogP contribution >= 0.6 is 0 Å². The summed E-state index contributed by atoms with van der Waals surface area (Å²) in [4.78, 5) is 33.7. The average molecular weight is 582 g/mol. The van der Waals surface area contributed by atoms with E-state index < -0.39 is 11.6 Å². The van der Waals surface area contributed by atoms with Gasteiger partial charge in [-0.3, -0.25) is 4.79 Å². The predicted molar refractivity (Wildman–Crippen MR) is 158 cm³/mol. The van der Waals surface area contributed by atoms with Crippen LogP contribution in [-0.4, -0.2) is 53.7 Å². The van der Waals surface area contributed by atoms with Crippen LogP contribution < -0.4 is 19.9 Å². The Kier molecular flexibility index (Phi) is 5.99. The first-order chi connectivity index (χ1) is 20.9. The maximum absolute atomic E-state index is 13.8. The smallest absolute Gasteiger partial charge is 0.343 e. The molecule has 0 amide bonds. The highest BCUT2D eigenvalue weighted by Gasteiger charge is 2.45. The molecule has 10 heteroatoms. The van der Waals surface area contributed by atoms with Crippen LogP contribution in [-0.2, 0) is 45.9 Å². The van der Waals surface area contributed by atoms with Gasteiger partial charge in [-0.2, -0.15) is 0 Å². The molecule has 8 rings (SSSR count). The molecule has 1 unspecified atom stereocenters. The van der Waals surface area contributed by atoms with Crippen molar-refractivity contribution < 1.29 is 28.8 Å². The van der Waals surface area contributed by atoms with Gasteiger partial charge in [0.25, 0.3) is 5.56 Å². The summed E-state index contributed by atoms with van der Waals surface area (Å²) in [6.45, 7) is 5.33. The van der Waals surface area contributed by atoms with E-state index in [1.807, 2.05) is 12.1 Å². The molecule has 4 aliphatic rings. The van der Waals surface area contributed by atoms with Gasteiger partial charge in [-0.1, -0.05) is 19.1 Å². The fourth-order valence-electron chi connectivity index (χ4n) is 6.80. The summed E-state index contributed by atoms with van der Waals surface area (Å²) in [6, 6.07) is 14.3. The Morgan fingerprint density at radius 3 is 2.49 bits per heavy atom. The number of esters is 1. The van der Waals surface area contributed by atoms with Gasteiger partial charge in [0.2, 0.25) is 6.79 Å². The van der Waals surface area contributed by atoms with E-state index >= 15 is 0 Å². The highest BCUT2D eigenvalue weighted by molar-refractivity contribution is 5.91. The summed E-state index contributed by atoms with van der Waals surface area (Å²) in [5.74, 6) is 0.579. The van der Waals surface area contributed by atoms with Gasteiger partial charge in [0.05, 0.1) is 42.2 Å². The largest absolute Gasteiger partial charge is 0.458 e. The summed E-state index contributed by atoms with van der Waals surface area (Å²) < 4.78 is 23.8. The monoisotopic (exact) mass is 581 g/mol. The summed E-state index contributed by atoms with van der Waals surface area (Å²) >= 11 is 0. The maximum atomic E-state index is 13.8. The quantitative estimate of drug-likeness (QED) is 0.312. The van der Waals surface area contributed by atoms with Crippen LogP contribution in [0, 0.1) is 0 Å². The molecule has 43 heavy (non-hydrogen) atoms. The van der Waals surface area contributed by atoms with Gasteiger partial charge < -0.3 is 33.5 Å². The first-order valence-electron chi connectivity index (χ1n) is 14.8. The number of aliphatic hydroxyl groups is 1. The molecule has 0 bridgehead atoms. The lowest BCUT2D eigenvalue weighted by Gasteiger charge is -2.31. The molecule has 220 valence electrons. The third-order valence-electron chi connectivity index (χ3n) is 9.28. The molecule has 4 aromatic rings. The van der Waals surface area contributed by atoms with Crippen LogP contribution in [0.5, 0.6) is 11.5 Å². The van der Waals surface area contributed by atoms with Crippen molar-refractivity contribution >= 4 is 22.6 Å². The number of hydrogen-bond donors (Lipinski definition) is 1. The number of cyclic esters (lactones) is 1. The van der Waals surface area contributed by atoms with Gasteiger partial charge >= 0.3 is 5.97 Å². The Labute approximate surface area is 247 Å². The second-order valence-electron chi connectivity index (χ2n) is 11.5. The molecular formula is C33H31N3O7. The Morgan fingerprint density at radius 1 is 0.953 bits per heavy atom. The van der Waals surface area contributed by atoms with Gasteiger partial charge in [-0.05, 0) is 54.7 Å². The minimum Gasteiger partial charge on any atom is -0.458 e. The number of rotatable bonds is 5. The summed E-state index contributed by atoms with van der Waals surface area (Å²) in [7, 11) is 0. The van der Waals surface area contributed by atoms with E-state index in [4.69, 9.17) is 23.9 Å². The molecule has 1 N–H and O–H groups in total. The molecule has 10 nitrogen and oxygen atoms in total. The molecule has 0 aliphatic carbocycles. The number of anilines is 1. The SMILES string of the molecule is CCC1(O)C(=O)OCc2c1cc1n(c2=O)Cc2c-1nc1cc3c(cc1c2CCc1ccc(N2CCOCC2)cc1)OCO3. The van der Waals surface area contributed by atoms with Crippen LogP contribution in [0.3, 0.4) is 0 Å². The molecule has 2 aromatic carbocycles. The molecule has 2 aromatic heterocycles. The Morgan fingerprint density at radius 2 is 1.72 bits per heavy atom. The van der Waals surface area contributed by atoms with Crippen molar-refractivity contribution in [2.75, 3.05) is 38.0 Å². The predicted octanol–water partition coefficient (Wildman–Crippen LogP) is 3.43. The Balaban J connectivity index is 1.22. The summed E-state index contributed by atoms with van der Waals surface area (Å²) in [5, 5.41) is 12.2. The molecule has 1 saturated heterocycles. The Hall–Kier alpha value is -4.41. The van der Waals surface area contributed by atoms with Crippen LogP contribution in [0.25, 0.3) is 22.3 Å². The van der Waals surface area contributed by atoms with Crippen molar-refractivity contribution in [3.8, 4) is 22.9 Å². The number of aromatic nitrogens is 2. The zero-order chi connectivity index (χ0) is 29.3. The molecule has 6 heterocycles. The molecule has 1 atom stereocenters. The van der Waals surface area contributed by atoms with Crippen LogP contribution in [0.4, 0.5) is 5.69 Å². The number of fused-ring (bicyclic) bond motifs is 6. The normalized spacial score (nSPS) is 20.1. The van der Waals surface area contributed by atoms with Crippen molar-refractivity contribution in [3.05, 3.63) is 80.6 Å². The maximum Gasteiger partial charge on any atom is 0.343 e. The second-order valence-corrected chi connectivity index (χ2v) is 11.5. The molecule has 0 spiro atoms. The van der Waals surface area contributed by atoms with Crippen molar-refractivity contribution in [2.24, 2.45) is 0 Å². The third-order valence-corrected chi connectivity index (χ3v) is 9.28. The molecule has 0 saturated carbocycles.